The molecular weight excluding hydrogens is 1060 g/mol. The standard InChI is InChI=1S/C63H94N8O12/c1-9-42(4)59(69(6)63(81)58(41(2)3)68-54(75)38-46-27-30-48(36-46)65-53(74)24-16-12-18-35-72)51(82-7)39-57(78)70-34-19-22-50(70)60(83-8)43(5)61(79)67-49(37-44-20-13-10-14-21-44)62(80)66-47-28-25-45(26-29-47)40-64-52(73)23-15-11-17-33-71-55(76)31-32-56(71)77/h10,13-14,20-21,25-26,28-29,31-32,41-43,46,48-51,58-60,72H,9,11-12,15-19,22-24,27,30,33-40H2,1-8H3,(H,64,73)(H,65,74)(H,66,80)(H,67,79)(H,68,75)/t42-,43+,46-,48-,49-,50-,51+,58-,59-,60+/m0/s1. The van der Waals surface area contributed by atoms with Gasteiger partial charge in [-0.3, -0.25) is 48.1 Å². The van der Waals surface area contributed by atoms with Crippen molar-refractivity contribution in [3.05, 3.63) is 77.9 Å². The molecule has 9 amide bonds. The number of hydrogen-bond donors (Lipinski definition) is 6. The maximum absolute atomic E-state index is 14.6. The maximum Gasteiger partial charge on any atom is 0.253 e. The number of unbranched alkanes of at least 4 members (excludes halogenated alkanes) is 4. The van der Waals surface area contributed by atoms with E-state index in [-0.39, 0.29) is 97.6 Å². The third-order valence-corrected chi connectivity index (χ3v) is 16.8. The number of anilines is 1. The van der Waals surface area contributed by atoms with Crippen LogP contribution in [0.4, 0.5) is 5.69 Å². The molecule has 5 rings (SSSR count). The quantitative estimate of drug-likeness (QED) is 0.0357. The number of hydrogen-bond acceptors (Lipinski definition) is 12. The summed E-state index contributed by atoms with van der Waals surface area (Å²) in [4.78, 5) is 124. The van der Waals surface area contributed by atoms with Crippen LogP contribution in [0.1, 0.15) is 148 Å². The van der Waals surface area contributed by atoms with E-state index in [1.54, 1.807) is 48.0 Å². The highest BCUT2D eigenvalue weighted by Crippen LogP contribution is 2.31. The molecule has 2 aliphatic heterocycles. The second-order valence-corrected chi connectivity index (χ2v) is 23.2. The number of nitrogens with one attached hydrogen (secondary N) is 5. The van der Waals surface area contributed by atoms with E-state index in [1.807, 2.05) is 58.0 Å². The van der Waals surface area contributed by atoms with Gasteiger partial charge in [0.05, 0.1) is 36.6 Å². The molecule has 1 aliphatic carbocycles. The maximum atomic E-state index is 14.6. The fourth-order valence-corrected chi connectivity index (χ4v) is 11.8. The highest BCUT2D eigenvalue weighted by atomic mass is 16.5. The Morgan fingerprint density at radius 2 is 1.43 bits per heavy atom. The molecule has 10 atom stereocenters. The van der Waals surface area contributed by atoms with Crippen LogP contribution in [0.15, 0.2) is 66.7 Å². The summed E-state index contributed by atoms with van der Waals surface area (Å²) in [5.74, 6) is -3.43. The van der Waals surface area contributed by atoms with E-state index in [9.17, 15) is 43.2 Å². The number of carbonyl (C=O) groups is 9. The van der Waals surface area contributed by atoms with E-state index in [4.69, 9.17) is 14.6 Å². The number of aliphatic hydroxyl groups excluding tert-OH is 1. The average molecular weight is 1160 g/mol. The van der Waals surface area contributed by atoms with Crippen molar-refractivity contribution in [3.8, 4) is 0 Å². The summed E-state index contributed by atoms with van der Waals surface area (Å²) in [6.07, 6.45) is 10.4. The molecule has 20 nitrogen and oxygen atoms in total. The van der Waals surface area contributed by atoms with Crippen LogP contribution in [0.2, 0.25) is 0 Å². The van der Waals surface area contributed by atoms with Gasteiger partial charge in [0.1, 0.15) is 12.1 Å². The summed E-state index contributed by atoms with van der Waals surface area (Å²) in [5, 5.41) is 24.0. The molecule has 2 aromatic rings. The van der Waals surface area contributed by atoms with Crippen LogP contribution in [0, 0.1) is 23.7 Å². The zero-order valence-electron chi connectivity index (χ0n) is 50.3. The van der Waals surface area contributed by atoms with Crippen molar-refractivity contribution in [1.82, 2.24) is 36.0 Å². The first-order valence-corrected chi connectivity index (χ1v) is 30.1. The van der Waals surface area contributed by atoms with Crippen molar-refractivity contribution < 1.29 is 57.7 Å². The predicted molar refractivity (Wildman–Crippen MR) is 316 cm³/mol. The summed E-state index contributed by atoms with van der Waals surface area (Å²) < 4.78 is 12.2. The lowest BCUT2D eigenvalue weighted by molar-refractivity contribution is -0.147. The first-order chi connectivity index (χ1) is 39.8. The predicted octanol–water partition coefficient (Wildman–Crippen LogP) is 5.74. The lowest BCUT2D eigenvalue weighted by Crippen LogP contribution is -2.58. The van der Waals surface area contributed by atoms with Gasteiger partial charge in [-0.15, -0.1) is 0 Å². The van der Waals surface area contributed by atoms with Crippen LogP contribution < -0.4 is 26.6 Å². The Balaban J connectivity index is 1.16. The Hall–Kier alpha value is -6.51. The molecule has 458 valence electrons. The molecule has 2 aromatic carbocycles. The number of likely N-dealkylation sites (N-methyl/N-ethyl adjacent to an activating group) is 1. The minimum absolute atomic E-state index is 0.00154. The van der Waals surface area contributed by atoms with Crippen molar-refractivity contribution in [2.24, 2.45) is 23.7 Å². The average Bonchev–Trinajstić information content (AvgIpc) is 4.46. The molecule has 6 N–H and O–H groups in total. The number of imide groups is 1. The highest BCUT2D eigenvalue weighted by Gasteiger charge is 2.43. The number of benzene rings is 2. The summed E-state index contributed by atoms with van der Waals surface area (Å²) >= 11 is 0. The van der Waals surface area contributed by atoms with Crippen molar-refractivity contribution in [2.75, 3.05) is 46.3 Å². The number of aliphatic hydroxyl groups is 1. The Labute approximate surface area is 491 Å². The number of rotatable bonds is 35. The fourth-order valence-electron chi connectivity index (χ4n) is 11.8. The van der Waals surface area contributed by atoms with Gasteiger partial charge in [-0.2, -0.15) is 0 Å². The third kappa shape index (κ3) is 20.7. The number of methoxy groups -OCH3 is 2. The number of amides is 9. The molecule has 83 heavy (non-hydrogen) atoms. The Kier molecular flexibility index (Phi) is 27.8. The zero-order chi connectivity index (χ0) is 60.6. The lowest BCUT2D eigenvalue weighted by Gasteiger charge is -2.41. The van der Waals surface area contributed by atoms with Crippen molar-refractivity contribution in [2.45, 2.75) is 193 Å². The topological polar surface area (TPSA) is 262 Å². The Morgan fingerprint density at radius 1 is 0.759 bits per heavy atom. The smallest absolute Gasteiger partial charge is 0.253 e. The minimum atomic E-state index is -0.985. The second kappa shape index (κ2) is 34.3. The van der Waals surface area contributed by atoms with Crippen LogP contribution in [-0.4, -0.2) is 156 Å². The molecule has 0 radical (unpaired) electrons. The summed E-state index contributed by atoms with van der Waals surface area (Å²) in [6.45, 7) is 10.7. The molecule has 20 heteroatoms. The first kappa shape index (κ1) is 67.3. The van der Waals surface area contributed by atoms with E-state index in [2.05, 4.69) is 26.6 Å². The second-order valence-electron chi connectivity index (χ2n) is 23.2. The van der Waals surface area contributed by atoms with Gasteiger partial charge in [-0.05, 0) is 98.8 Å². The number of carbonyl (C=O) groups excluding carboxylic acids is 9. The van der Waals surface area contributed by atoms with E-state index >= 15 is 0 Å². The molecular formula is C63H94N8O12. The van der Waals surface area contributed by atoms with E-state index in [0.717, 1.165) is 36.8 Å². The highest BCUT2D eigenvalue weighted by molar-refractivity contribution is 6.12. The van der Waals surface area contributed by atoms with Gasteiger partial charge in [0.25, 0.3) is 11.8 Å². The van der Waals surface area contributed by atoms with E-state index in [1.165, 1.54) is 31.3 Å². The monoisotopic (exact) mass is 1150 g/mol. The van der Waals surface area contributed by atoms with Crippen LogP contribution in [0.5, 0.6) is 0 Å². The molecule has 2 fully saturated rings. The number of likely N-dealkylation sites (tertiary alicyclic amines) is 1. The Morgan fingerprint density at radius 3 is 2.07 bits per heavy atom. The number of nitrogens with zero attached hydrogens (tertiary/aromatic N) is 3. The summed E-state index contributed by atoms with van der Waals surface area (Å²) in [7, 11) is 4.75. The SMILES string of the molecule is CC[C@H](C)[C@@H]([C@@H](CC(=O)N1CCC[C@H]1[C@H](OC)[C@@H](C)C(=O)N[C@@H](Cc1ccccc1)C(=O)Nc1ccc(CNC(=O)CCCCCN2C(=O)C=CC2=O)cc1)OC)N(C)C(=O)[C@@H](NC(=O)C[C@H]1CC[C@H](NC(=O)CCCCCO)C1)C(C)C. The van der Waals surface area contributed by atoms with E-state index in [0.29, 0.717) is 83.0 Å². The third-order valence-electron chi connectivity index (χ3n) is 16.8. The van der Waals surface area contributed by atoms with Gasteiger partial charge in [-0.1, -0.05) is 96.3 Å². The van der Waals surface area contributed by atoms with Gasteiger partial charge >= 0.3 is 0 Å². The first-order valence-electron chi connectivity index (χ1n) is 30.1. The fraction of sp³-hybridized carbons (Fsp3) is 0.635. The molecule has 0 bridgehead atoms. The van der Waals surface area contributed by atoms with Gasteiger partial charge in [-0.25, -0.2) is 0 Å². The zero-order valence-corrected chi connectivity index (χ0v) is 50.3. The van der Waals surface area contributed by atoms with Crippen LogP contribution in [0.25, 0.3) is 0 Å². The lowest BCUT2D eigenvalue weighted by atomic mass is 9.89. The van der Waals surface area contributed by atoms with Gasteiger partial charge in [0.2, 0.25) is 41.4 Å². The largest absolute Gasteiger partial charge is 0.396 e. The molecule has 3 aliphatic rings. The molecule has 1 saturated carbocycles. The molecule has 0 spiro atoms. The van der Waals surface area contributed by atoms with Gasteiger partial charge in [0.15, 0.2) is 0 Å². The molecule has 0 aromatic heterocycles. The van der Waals surface area contributed by atoms with Gasteiger partial charge in [0, 0.05) is 97.1 Å². The van der Waals surface area contributed by atoms with Crippen LogP contribution in [0.3, 0.4) is 0 Å². The van der Waals surface area contributed by atoms with Gasteiger partial charge < -0.3 is 51.0 Å². The van der Waals surface area contributed by atoms with Crippen LogP contribution >= 0.6 is 0 Å². The molecule has 0 unspecified atom stereocenters. The van der Waals surface area contributed by atoms with Crippen molar-refractivity contribution in [1.29, 1.82) is 0 Å². The van der Waals surface area contributed by atoms with Crippen LogP contribution in [-0.2, 0) is 65.6 Å². The van der Waals surface area contributed by atoms with E-state index < -0.39 is 54.1 Å². The molecule has 1 saturated heterocycles. The van der Waals surface area contributed by atoms with Crippen molar-refractivity contribution in [3.63, 3.8) is 0 Å². The Bertz CT molecular complexity index is 2470. The summed E-state index contributed by atoms with van der Waals surface area (Å²) in [5.41, 5.74) is 2.14. The normalized spacial score (nSPS) is 19.4. The minimum Gasteiger partial charge on any atom is -0.396 e. The summed E-state index contributed by atoms with van der Waals surface area (Å²) in [6, 6.07) is 13.6. The number of ether oxygens (including phenoxy) is 2. The van der Waals surface area contributed by atoms with Crippen molar-refractivity contribution >= 4 is 58.9 Å². The molecule has 2 heterocycles.